The van der Waals surface area contributed by atoms with Crippen molar-refractivity contribution in [2.45, 2.75) is 37.8 Å². The van der Waals surface area contributed by atoms with Crippen LogP contribution in [-0.2, 0) is 20.8 Å². The Morgan fingerprint density at radius 2 is 2.00 bits per heavy atom. The maximum Gasteiger partial charge on any atom is 0.323 e. The molecule has 0 aromatic heterocycles. The van der Waals surface area contributed by atoms with Crippen LogP contribution in [-0.4, -0.2) is 53.2 Å². The second kappa shape index (κ2) is 10.1. The maximum atomic E-state index is 12.9. The number of carboxylic acid groups (broad SMARTS) is 2. The fourth-order valence-electron chi connectivity index (χ4n) is 3.01. The van der Waals surface area contributed by atoms with Crippen molar-refractivity contribution in [3.63, 3.8) is 0 Å². The van der Waals surface area contributed by atoms with Gasteiger partial charge in [0.1, 0.15) is 12.6 Å². The molecule has 0 aliphatic carbocycles. The summed E-state index contributed by atoms with van der Waals surface area (Å²) in [5.41, 5.74) is 6.87. The van der Waals surface area contributed by atoms with Gasteiger partial charge in [-0.15, -0.1) is 12.4 Å². The minimum absolute atomic E-state index is 0. The van der Waals surface area contributed by atoms with E-state index in [1.807, 2.05) is 12.1 Å². The Labute approximate surface area is 157 Å². The molecule has 8 nitrogen and oxygen atoms in total. The van der Waals surface area contributed by atoms with Gasteiger partial charge < -0.3 is 15.9 Å². The lowest BCUT2D eigenvalue weighted by molar-refractivity contribution is -0.140. The van der Waals surface area contributed by atoms with Crippen molar-refractivity contribution >= 4 is 35.9 Å². The number of carbonyl (C=O) groups excluding carboxylic acids is 1. The average Bonchev–Trinajstić information content (AvgIpc) is 2.70. The number of benzene rings is 1. The number of carboxylic acids is 2. The second-order valence-corrected chi connectivity index (χ2v) is 6.03. The molecule has 5 N–H and O–H groups in total. The van der Waals surface area contributed by atoms with Gasteiger partial charge >= 0.3 is 11.9 Å². The summed E-state index contributed by atoms with van der Waals surface area (Å²) in [7, 11) is 0. The van der Waals surface area contributed by atoms with Crippen LogP contribution in [0.3, 0.4) is 0 Å². The number of rotatable bonds is 8. The molecule has 1 amide bonds. The molecule has 1 aromatic carbocycles. The third-order valence-corrected chi connectivity index (χ3v) is 4.24. The Morgan fingerprint density at radius 3 is 2.62 bits per heavy atom. The summed E-state index contributed by atoms with van der Waals surface area (Å²) in [6.45, 7) is -0.102. The zero-order valence-electron chi connectivity index (χ0n) is 14.3. The standard InChI is InChI=1S/C17H23N3O5.ClH/c18-9-3-5-13(17(24)25)19-12-8-7-11-4-1-2-6-14(11)20(16(12)23)10-15(21)22;/h1-2,4,6,12-13,19H,3,5,7-10,18H2,(H,21,22)(H,24,25);1H/t12-,13-;/m0./s1. The molecular formula is C17H24ClN3O5. The van der Waals surface area contributed by atoms with Gasteiger partial charge in [0.15, 0.2) is 0 Å². The van der Waals surface area contributed by atoms with Gasteiger partial charge in [0.2, 0.25) is 5.91 Å². The van der Waals surface area contributed by atoms with Crippen LogP contribution in [0.15, 0.2) is 24.3 Å². The lowest BCUT2D eigenvalue weighted by Crippen LogP contribution is -2.52. The Bertz CT molecular complexity index is 655. The number of aliphatic carboxylic acids is 2. The topological polar surface area (TPSA) is 133 Å². The SMILES string of the molecule is Cl.NCCC[C@H](N[C@H]1CCc2ccccc2N(CC(=O)O)C1=O)C(=O)O. The quantitative estimate of drug-likeness (QED) is 0.515. The summed E-state index contributed by atoms with van der Waals surface area (Å²) < 4.78 is 0. The monoisotopic (exact) mass is 385 g/mol. The van der Waals surface area contributed by atoms with E-state index in [9.17, 15) is 19.5 Å². The minimum atomic E-state index is -1.12. The highest BCUT2D eigenvalue weighted by atomic mass is 35.5. The summed E-state index contributed by atoms with van der Waals surface area (Å²) in [6.07, 6.45) is 1.78. The maximum absolute atomic E-state index is 12.9. The van der Waals surface area contributed by atoms with Gasteiger partial charge in [-0.3, -0.25) is 24.6 Å². The van der Waals surface area contributed by atoms with E-state index < -0.39 is 36.5 Å². The lowest BCUT2D eigenvalue weighted by atomic mass is 10.0. The van der Waals surface area contributed by atoms with Gasteiger partial charge in [-0.1, -0.05) is 18.2 Å². The molecule has 0 saturated heterocycles. The first-order chi connectivity index (χ1) is 11.9. The van der Waals surface area contributed by atoms with Gasteiger partial charge in [0.05, 0.1) is 6.04 Å². The molecule has 0 saturated carbocycles. The number of hydrogen-bond acceptors (Lipinski definition) is 5. The Kier molecular flexibility index (Phi) is 8.50. The zero-order chi connectivity index (χ0) is 18.4. The number of carbonyl (C=O) groups is 3. The first-order valence-electron chi connectivity index (χ1n) is 8.24. The third kappa shape index (κ3) is 5.42. The lowest BCUT2D eigenvalue weighted by Gasteiger charge is -2.26. The molecule has 1 aliphatic rings. The molecule has 2 rings (SSSR count). The predicted molar refractivity (Wildman–Crippen MR) is 98.6 cm³/mol. The second-order valence-electron chi connectivity index (χ2n) is 6.03. The van der Waals surface area contributed by atoms with Gasteiger partial charge in [-0.25, -0.2) is 0 Å². The number of aryl methyl sites for hydroxylation is 1. The van der Waals surface area contributed by atoms with Crippen LogP contribution in [0.2, 0.25) is 0 Å². The van der Waals surface area contributed by atoms with Crippen molar-refractivity contribution in [1.82, 2.24) is 5.32 Å². The van der Waals surface area contributed by atoms with Crippen LogP contribution in [0.5, 0.6) is 0 Å². The normalized spacial score (nSPS) is 17.7. The van der Waals surface area contributed by atoms with Crippen molar-refractivity contribution in [2.75, 3.05) is 18.0 Å². The first kappa shape index (κ1) is 21.9. The minimum Gasteiger partial charge on any atom is -0.480 e. The van der Waals surface area contributed by atoms with Gasteiger partial charge in [0.25, 0.3) is 0 Å². The molecule has 9 heteroatoms. The molecule has 0 unspecified atom stereocenters. The van der Waals surface area contributed by atoms with Crippen LogP contribution in [0.25, 0.3) is 0 Å². The van der Waals surface area contributed by atoms with Crippen molar-refractivity contribution < 1.29 is 24.6 Å². The highest BCUT2D eigenvalue weighted by Crippen LogP contribution is 2.27. The Balaban J connectivity index is 0.00000338. The number of amides is 1. The molecule has 0 bridgehead atoms. The number of anilines is 1. The van der Waals surface area contributed by atoms with Gasteiger partial charge in [0, 0.05) is 5.69 Å². The molecule has 0 radical (unpaired) electrons. The average molecular weight is 386 g/mol. The Hall–Kier alpha value is -2.16. The van der Waals surface area contributed by atoms with Crippen molar-refractivity contribution in [2.24, 2.45) is 5.73 Å². The number of nitrogens with two attached hydrogens (primary N) is 1. The van der Waals surface area contributed by atoms with E-state index in [0.29, 0.717) is 37.9 Å². The number of nitrogens with one attached hydrogen (secondary N) is 1. The summed E-state index contributed by atoms with van der Waals surface area (Å²) >= 11 is 0. The number of nitrogens with zero attached hydrogens (tertiary/aromatic N) is 1. The Morgan fingerprint density at radius 1 is 1.31 bits per heavy atom. The first-order valence-corrected chi connectivity index (χ1v) is 8.24. The smallest absolute Gasteiger partial charge is 0.323 e. The van der Waals surface area contributed by atoms with Gasteiger partial charge in [-0.2, -0.15) is 0 Å². The highest BCUT2D eigenvalue weighted by Gasteiger charge is 2.33. The summed E-state index contributed by atoms with van der Waals surface area (Å²) in [5.74, 6) is -2.60. The highest BCUT2D eigenvalue weighted by molar-refractivity contribution is 6.02. The summed E-state index contributed by atoms with van der Waals surface area (Å²) in [5, 5.41) is 21.4. The van der Waals surface area contributed by atoms with Crippen molar-refractivity contribution in [3.8, 4) is 0 Å². The molecule has 2 atom stereocenters. The number of hydrogen-bond donors (Lipinski definition) is 4. The molecule has 1 aromatic rings. The fourth-order valence-corrected chi connectivity index (χ4v) is 3.01. The molecule has 0 fully saturated rings. The van der Waals surface area contributed by atoms with E-state index in [1.165, 1.54) is 4.90 Å². The van der Waals surface area contributed by atoms with Crippen molar-refractivity contribution in [3.05, 3.63) is 29.8 Å². The molecular weight excluding hydrogens is 362 g/mol. The van der Waals surface area contributed by atoms with E-state index in [1.54, 1.807) is 12.1 Å². The fraction of sp³-hybridized carbons (Fsp3) is 0.471. The molecule has 26 heavy (non-hydrogen) atoms. The van der Waals surface area contributed by atoms with Crippen molar-refractivity contribution in [1.29, 1.82) is 0 Å². The summed E-state index contributed by atoms with van der Waals surface area (Å²) in [4.78, 5) is 36.7. The molecule has 0 spiro atoms. The van der Waals surface area contributed by atoms with Crippen LogP contribution in [0, 0.1) is 0 Å². The van der Waals surface area contributed by atoms with Crippen LogP contribution < -0.4 is 16.0 Å². The molecule has 1 heterocycles. The number of para-hydroxylation sites is 1. The summed E-state index contributed by atoms with van der Waals surface area (Å²) in [6, 6.07) is 5.48. The largest absolute Gasteiger partial charge is 0.480 e. The van der Waals surface area contributed by atoms with E-state index >= 15 is 0 Å². The molecule has 144 valence electrons. The van der Waals surface area contributed by atoms with Crippen LogP contribution in [0.1, 0.15) is 24.8 Å². The van der Waals surface area contributed by atoms with E-state index in [-0.39, 0.29) is 12.4 Å². The van der Waals surface area contributed by atoms with Crippen LogP contribution >= 0.6 is 12.4 Å². The van der Waals surface area contributed by atoms with E-state index in [0.717, 1.165) is 5.56 Å². The number of fused-ring (bicyclic) bond motifs is 1. The van der Waals surface area contributed by atoms with E-state index in [4.69, 9.17) is 10.8 Å². The number of halogens is 1. The van der Waals surface area contributed by atoms with Gasteiger partial charge in [-0.05, 0) is 43.9 Å². The third-order valence-electron chi connectivity index (χ3n) is 4.24. The van der Waals surface area contributed by atoms with Crippen LogP contribution in [0.4, 0.5) is 5.69 Å². The zero-order valence-corrected chi connectivity index (χ0v) is 15.1. The predicted octanol–water partition coefficient (Wildman–Crippen LogP) is 0.623. The molecule has 1 aliphatic heterocycles. The van der Waals surface area contributed by atoms with E-state index in [2.05, 4.69) is 5.32 Å².